The quantitative estimate of drug-likeness (QED) is 0.228. The van der Waals surface area contributed by atoms with Gasteiger partial charge in [-0.1, -0.05) is 6.07 Å². The fourth-order valence-corrected chi connectivity index (χ4v) is 3.69. The van der Waals surface area contributed by atoms with Crippen molar-refractivity contribution in [2.75, 3.05) is 26.2 Å². The molecule has 0 aromatic carbocycles. The smallest absolute Gasteiger partial charge is 0.191 e. The molecule has 2 aromatic heterocycles. The molecule has 30 heavy (non-hydrogen) atoms. The number of guanidine groups is 1. The van der Waals surface area contributed by atoms with Gasteiger partial charge in [-0.15, -0.1) is 24.0 Å². The van der Waals surface area contributed by atoms with Gasteiger partial charge in [0.15, 0.2) is 5.96 Å². The minimum absolute atomic E-state index is 0. The third-order valence-corrected chi connectivity index (χ3v) is 5.39. The summed E-state index contributed by atoms with van der Waals surface area (Å²) in [5.41, 5.74) is 1.15. The maximum Gasteiger partial charge on any atom is 0.191 e. The van der Waals surface area contributed by atoms with E-state index in [1.807, 2.05) is 31.6 Å². The van der Waals surface area contributed by atoms with Crippen LogP contribution in [0.15, 0.2) is 41.8 Å². The molecule has 2 N–H and O–H groups in total. The minimum atomic E-state index is 0. The van der Waals surface area contributed by atoms with Gasteiger partial charge in [0, 0.05) is 63.9 Å². The lowest BCUT2D eigenvalue weighted by molar-refractivity contribution is 0.196. The van der Waals surface area contributed by atoms with Gasteiger partial charge >= 0.3 is 0 Å². The lowest BCUT2D eigenvalue weighted by atomic mass is 10.0. The van der Waals surface area contributed by atoms with Crippen molar-refractivity contribution in [3.63, 3.8) is 0 Å². The second-order valence-corrected chi connectivity index (χ2v) is 7.65. The average Bonchev–Trinajstić information content (AvgIpc) is 3.15. The number of hydrogen-bond donors (Lipinski definition) is 2. The largest absolute Gasteiger partial charge is 0.357 e. The van der Waals surface area contributed by atoms with E-state index in [-0.39, 0.29) is 24.0 Å². The molecule has 0 radical (unpaired) electrons. The van der Waals surface area contributed by atoms with Crippen LogP contribution in [-0.2, 0) is 13.1 Å². The van der Waals surface area contributed by atoms with Crippen LogP contribution >= 0.6 is 24.0 Å². The third kappa shape index (κ3) is 8.22. The lowest BCUT2D eigenvalue weighted by Crippen LogP contribution is -2.48. The van der Waals surface area contributed by atoms with Crippen LogP contribution in [0.2, 0.25) is 0 Å². The van der Waals surface area contributed by atoms with Crippen LogP contribution in [0.5, 0.6) is 0 Å². The third-order valence-electron chi connectivity index (χ3n) is 5.39. The Morgan fingerprint density at radius 2 is 2.00 bits per heavy atom. The highest BCUT2D eigenvalue weighted by Crippen LogP contribution is 2.13. The van der Waals surface area contributed by atoms with Crippen molar-refractivity contribution in [1.82, 2.24) is 30.1 Å². The summed E-state index contributed by atoms with van der Waals surface area (Å²) < 4.78 is 2.20. The number of aromatic nitrogens is 3. The van der Waals surface area contributed by atoms with E-state index < -0.39 is 0 Å². The molecule has 0 spiro atoms. The van der Waals surface area contributed by atoms with E-state index in [1.54, 1.807) is 0 Å². The van der Waals surface area contributed by atoms with Crippen molar-refractivity contribution in [2.24, 2.45) is 4.99 Å². The molecule has 0 bridgehead atoms. The molecule has 0 atom stereocenters. The second-order valence-electron chi connectivity index (χ2n) is 7.65. The first-order valence-corrected chi connectivity index (χ1v) is 10.9. The van der Waals surface area contributed by atoms with E-state index in [2.05, 4.69) is 49.1 Å². The number of pyridine rings is 1. The molecule has 0 amide bonds. The summed E-state index contributed by atoms with van der Waals surface area (Å²) in [7, 11) is 0. The molecule has 3 heterocycles. The van der Waals surface area contributed by atoms with E-state index in [0.717, 1.165) is 82.4 Å². The lowest BCUT2D eigenvalue weighted by Gasteiger charge is -2.32. The number of aryl methyl sites for hydroxylation is 2. The first-order valence-electron chi connectivity index (χ1n) is 10.9. The Balaban J connectivity index is 0.00000320. The molecule has 0 aliphatic carbocycles. The van der Waals surface area contributed by atoms with Crippen LogP contribution in [0.1, 0.15) is 44.1 Å². The van der Waals surface area contributed by atoms with Crippen LogP contribution in [0, 0.1) is 6.92 Å². The Bertz CT molecular complexity index is 739. The number of nitrogens with one attached hydrogen (secondary N) is 2. The standard InChI is InChI=1S/C22H35N7.HI/c1-3-23-22(26-12-6-7-14-29-17-13-24-19(29)2)27-20-9-15-28(16-10-20)18-21-8-4-5-11-25-21;/h4-5,8,11,13,17,20H,3,6-7,9-10,12,14-16,18H2,1-2H3,(H2,23,26,27);1H. The Labute approximate surface area is 197 Å². The van der Waals surface area contributed by atoms with E-state index in [4.69, 9.17) is 4.99 Å². The fraction of sp³-hybridized carbons (Fsp3) is 0.591. The molecule has 0 saturated carbocycles. The summed E-state index contributed by atoms with van der Waals surface area (Å²) in [4.78, 5) is 16.0. The monoisotopic (exact) mass is 525 g/mol. The van der Waals surface area contributed by atoms with Crippen molar-refractivity contribution in [3.8, 4) is 0 Å². The zero-order chi connectivity index (χ0) is 20.3. The molecular formula is C22H36IN7. The first kappa shape index (κ1) is 24.6. The highest BCUT2D eigenvalue weighted by molar-refractivity contribution is 14.0. The molecule has 3 rings (SSSR count). The molecule has 7 nitrogen and oxygen atoms in total. The highest BCUT2D eigenvalue weighted by atomic mass is 127. The number of unbranched alkanes of at least 4 members (excludes halogenated alkanes) is 1. The average molecular weight is 525 g/mol. The van der Waals surface area contributed by atoms with Gasteiger partial charge in [0.25, 0.3) is 0 Å². The number of nitrogens with zero attached hydrogens (tertiary/aromatic N) is 5. The van der Waals surface area contributed by atoms with Crippen LogP contribution < -0.4 is 10.6 Å². The molecule has 0 unspecified atom stereocenters. The van der Waals surface area contributed by atoms with Gasteiger partial charge < -0.3 is 15.2 Å². The molecule has 166 valence electrons. The normalized spacial score (nSPS) is 15.6. The van der Waals surface area contributed by atoms with Crippen LogP contribution in [0.25, 0.3) is 0 Å². The van der Waals surface area contributed by atoms with Gasteiger partial charge in [0.2, 0.25) is 0 Å². The Hall–Kier alpha value is -1.68. The predicted octanol–water partition coefficient (Wildman–Crippen LogP) is 3.20. The summed E-state index contributed by atoms with van der Waals surface area (Å²) in [5.74, 6) is 2.03. The van der Waals surface area contributed by atoms with Crippen molar-refractivity contribution >= 4 is 29.9 Å². The fourth-order valence-electron chi connectivity index (χ4n) is 3.69. The second kappa shape index (κ2) is 13.6. The summed E-state index contributed by atoms with van der Waals surface area (Å²) in [6.07, 6.45) is 10.3. The molecular weight excluding hydrogens is 489 g/mol. The summed E-state index contributed by atoms with van der Waals surface area (Å²) >= 11 is 0. The summed E-state index contributed by atoms with van der Waals surface area (Å²) in [6.45, 7) is 10.1. The van der Waals surface area contributed by atoms with Crippen molar-refractivity contribution in [1.29, 1.82) is 0 Å². The van der Waals surface area contributed by atoms with Crippen molar-refractivity contribution in [2.45, 2.75) is 58.7 Å². The van der Waals surface area contributed by atoms with E-state index in [9.17, 15) is 0 Å². The van der Waals surface area contributed by atoms with Gasteiger partial charge in [0.1, 0.15) is 5.82 Å². The van der Waals surface area contributed by atoms with E-state index in [0.29, 0.717) is 6.04 Å². The number of aliphatic imine (C=N–C) groups is 1. The zero-order valence-electron chi connectivity index (χ0n) is 18.3. The highest BCUT2D eigenvalue weighted by Gasteiger charge is 2.20. The molecule has 1 fully saturated rings. The number of imidazole rings is 1. The van der Waals surface area contributed by atoms with Gasteiger partial charge in [-0.2, -0.15) is 0 Å². The first-order chi connectivity index (χ1) is 14.2. The Morgan fingerprint density at radius 1 is 1.17 bits per heavy atom. The van der Waals surface area contributed by atoms with E-state index in [1.165, 1.54) is 0 Å². The SMILES string of the molecule is CCNC(=NCCCCn1ccnc1C)NC1CCN(Cc2ccccn2)CC1.I. The number of likely N-dealkylation sites (tertiary alicyclic amines) is 1. The number of rotatable bonds is 9. The zero-order valence-corrected chi connectivity index (χ0v) is 20.6. The topological polar surface area (TPSA) is 70.4 Å². The molecule has 1 aliphatic rings. The summed E-state index contributed by atoms with van der Waals surface area (Å²) in [5, 5.41) is 7.03. The van der Waals surface area contributed by atoms with Gasteiger partial charge in [-0.3, -0.25) is 14.9 Å². The van der Waals surface area contributed by atoms with Crippen molar-refractivity contribution in [3.05, 3.63) is 48.3 Å². The van der Waals surface area contributed by atoms with Crippen LogP contribution in [-0.4, -0.2) is 57.6 Å². The molecule has 2 aromatic rings. The molecule has 1 saturated heterocycles. The van der Waals surface area contributed by atoms with Crippen LogP contribution in [0.3, 0.4) is 0 Å². The van der Waals surface area contributed by atoms with Crippen molar-refractivity contribution < 1.29 is 0 Å². The Morgan fingerprint density at radius 3 is 2.67 bits per heavy atom. The Kier molecular flexibility index (Phi) is 11.1. The number of hydrogen-bond acceptors (Lipinski definition) is 4. The van der Waals surface area contributed by atoms with Gasteiger partial charge in [0.05, 0.1) is 5.69 Å². The van der Waals surface area contributed by atoms with E-state index >= 15 is 0 Å². The number of halogens is 1. The molecule has 8 heteroatoms. The van der Waals surface area contributed by atoms with Gasteiger partial charge in [-0.05, 0) is 51.7 Å². The minimum Gasteiger partial charge on any atom is -0.357 e. The number of piperidine rings is 1. The predicted molar refractivity (Wildman–Crippen MR) is 133 cm³/mol. The van der Waals surface area contributed by atoms with Gasteiger partial charge in [-0.25, -0.2) is 4.98 Å². The maximum atomic E-state index is 4.78. The maximum absolute atomic E-state index is 4.78. The molecule has 1 aliphatic heterocycles. The van der Waals surface area contributed by atoms with Crippen LogP contribution in [0.4, 0.5) is 0 Å². The summed E-state index contributed by atoms with van der Waals surface area (Å²) in [6, 6.07) is 6.63.